The van der Waals surface area contributed by atoms with Crippen molar-refractivity contribution in [3.63, 3.8) is 0 Å². The predicted octanol–water partition coefficient (Wildman–Crippen LogP) is 4.65. The Hall–Kier alpha value is -0.780. The monoisotopic (exact) mass is 178 g/mol. The Labute approximate surface area is 83.0 Å². The lowest BCUT2D eigenvalue weighted by molar-refractivity contribution is 0.924. The third kappa shape index (κ3) is 6.39. The van der Waals surface area contributed by atoms with Gasteiger partial charge >= 0.3 is 0 Å². The van der Waals surface area contributed by atoms with E-state index in [9.17, 15) is 0 Å². The molecule has 0 aromatic heterocycles. The highest BCUT2D eigenvalue weighted by Gasteiger charge is 1.86. The van der Waals surface area contributed by atoms with Crippen molar-refractivity contribution in [3.05, 3.63) is 35.5 Å². The average Bonchev–Trinajstić information content (AvgIpc) is 2.16. The molecule has 0 bridgehead atoms. The van der Waals surface area contributed by atoms with Gasteiger partial charge in [0, 0.05) is 0 Å². The lowest BCUT2D eigenvalue weighted by Gasteiger charge is -1.96. The third-order valence-electron chi connectivity index (χ3n) is 2.16. The number of hydrogen-bond donors (Lipinski definition) is 0. The minimum atomic E-state index is 1.14. The van der Waals surface area contributed by atoms with E-state index in [1.54, 1.807) is 0 Å². The van der Waals surface area contributed by atoms with Gasteiger partial charge < -0.3 is 0 Å². The van der Waals surface area contributed by atoms with E-state index in [0.29, 0.717) is 0 Å². The van der Waals surface area contributed by atoms with Gasteiger partial charge in [0.25, 0.3) is 0 Å². The van der Waals surface area contributed by atoms with Crippen LogP contribution in [0, 0.1) is 0 Å². The first-order valence-corrected chi connectivity index (χ1v) is 5.23. The highest BCUT2D eigenvalue weighted by atomic mass is 13.9. The largest absolute Gasteiger partial charge is 0.0844 e. The first-order valence-electron chi connectivity index (χ1n) is 5.23. The Morgan fingerprint density at radius 2 is 1.92 bits per heavy atom. The molecule has 0 atom stereocenters. The molecule has 0 heterocycles. The van der Waals surface area contributed by atoms with Crippen molar-refractivity contribution >= 4 is 0 Å². The Bertz CT molecular complexity index is 204. The van der Waals surface area contributed by atoms with Crippen LogP contribution < -0.4 is 0 Å². The molecule has 0 N–H and O–H groups in total. The van der Waals surface area contributed by atoms with Gasteiger partial charge in [-0.15, -0.1) is 0 Å². The number of rotatable bonds is 5. The van der Waals surface area contributed by atoms with Crippen LogP contribution in [0.4, 0.5) is 0 Å². The smallest absolute Gasteiger partial charge is 0.0285 e. The van der Waals surface area contributed by atoms with Crippen LogP contribution in [-0.2, 0) is 0 Å². The van der Waals surface area contributed by atoms with Crippen molar-refractivity contribution < 1.29 is 0 Å². The van der Waals surface area contributed by atoms with Crippen molar-refractivity contribution in [3.8, 4) is 0 Å². The van der Waals surface area contributed by atoms with Crippen molar-refractivity contribution in [1.29, 1.82) is 0 Å². The van der Waals surface area contributed by atoms with Gasteiger partial charge in [0.05, 0.1) is 0 Å². The minimum absolute atomic E-state index is 1.14. The minimum Gasteiger partial charge on any atom is -0.0844 e. The molecule has 0 aromatic carbocycles. The summed E-state index contributed by atoms with van der Waals surface area (Å²) in [4.78, 5) is 0. The normalized spacial score (nSPS) is 14.2. The van der Waals surface area contributed by atoms with Crippen LogP contribution in [0.3, 0.4) is 0 Å². The van der Waals surface area contributed by atoms with Crippen LogP contribution in [0.15, 0.2) is 35.5 Å². The molecule has 0 aliphatic rings. The van der Waals surface area contributed by atoms with Crippen molar-refractivity contribution in [2.75, 3.05) is 0 Å². The summed E-state index contributed by atoms with van der Waals surface area (Å²) >= 11 is 0. The second-order valence-corrected chi connectivity index (χ2v) is 3.34. The first kappa shape index (κ1) is 12.2. The Morgan fingerprint density at radius 3 is 2.38 bits per heavy atom. The zero-order chi connectivity index (χ0) is 10.1. The van der Waals surface area contributed by atoms with Crippen LogP contribution >= 0.6 is 0 Å². The molecule has 0 aliphatic carbocycles. The van der Waals surface area contributed by atoms with E-state index in [0.717, 1.165) is 6.42 Å². The van der Waals surface area contributed by atoms with E-state index in [4.69, 9.17) is 0 Å². The molecule has 0 aromatic rings. The fourth-order valence-electron chi connectivity index (χ4n) is 1.07. The van der Waals surface area contributed by atoms with E-state index >= 15 is 0 Å². The van der Waals surface area contributed by atoms with E-state index in [1.807, 2.05) is 0 Å². The molecule has 0 rings (SSSR count). The summed E-state index contributed by atoms with van der Waals surface area (Å²) in [6, 6.07) is 0. The Morgan fingerprint density at radius 1 is 1.23 bits per heavy atom. The molecule has 0 nitrogen and oxygen atoms in total. The molecule has 13 heavy (non-hydrogen) atoms. The Kier molecular flexibility index (Phi) is 7.38. The quantitative estimate of drug-likeness (QED) is 0.538. The predicted molar refractivity (Wildman–Crippen MR) is 61.9 cm³/mol. The highest BCUT2D eigenvalue weighted by Crippen LogP contribution is 2.07. The molecule has 0 fully saturated rings. The van der Waals surface area contributed by atoms with E-state index < -0.39 is 0 Å². The van der Waals surface area contributed by atoms with Crippen molar-refractivity contribution in [2.24, 2.45) is 0 Å². The molecule has 0 heteroatoms. The summed E-state index contributed by atoms with van der Waals surface area (Å²) in [6.45, 7) is 8.66. The molecular formula is C13H22. The molecule has 0 saturated carbocycles. The Balaban J connectivity index is 4.09. The second-order valence-electron chi connectivity index (χ2n) is 3.34. The summed E-state index contributed by atoms with van der Waals surface area (Å²) in [5, 5.41) is 0. The summed E-state index contributed by atoms with van der Waals surface area (Å²) in [7, 11) is 0. The summed E-state index contributed by atoms with van der Waals surface area (Å²) in [5.74, 6) is 0. The summed E-state index contributed by atoms with van der Waals surface area (Å²) in [6.07, 6.45) is 12.3. The lowest BCUT2D eigenvalue weighted by Crippen LogP contribution is -1.76. The van der Waals surface area contributed by atoms with Gasteiger partial charge in [-0.2, -0.15) is 0 Å². The highest BCUT2D eigenvalue weighted by molar-refractivity contribution is 5.23. The molecule has 74 valence electrons. The van der Waals surface area contributed by atoms with Crippen LogP contribution in [0.1, 0.15) is 47.0 Å². The van der Waals surface area contributed by atoms with Gasteiger partial charge in [-0.1, -0.05) is 55.7 Å². The van der Waals surface area contributed by atoms with Crippen LogP contribution in [0.25, 0.3) is 0 Å². The maximum Gasteiger partial charge on any atom is -0.0285 e. The van der Waals surface area contributed by atoms with Crippen LogP contribution in [-0.4, -0.2) is 0 Å². The lowest BCUT2D eigenvalue weighted by atomic mass is 10.1. The fourth-order valence-corrected chi connectivity index (χ4v) is 1.07. The SMILES string of the molecule is C\C=C(/C=C\C=C(/C)CC)CCC. The second kappa shape index (κ2) is 7.85. The maximum atomic E-state index is 2.21. The standard InChI is InChI=1S/C13H22/c1-5-9-13(7-3)11-8-10-12(4)6-2/h7-8,10-11H,5-6,9H2,1-4H3/b11-8-,12-10+,13-7-. The van der Waals surface area contributed by atoms with E-state index in [1.165, 1.54) is 24.0 Å². The molecule has 0 saturated heterocycles. The maximum absolute atomic E-state index is 2.21. The molecule has 0 radical (unpaired) electrons. The van der Waals surface area contributed by atoms with Crippen LogP contribution in [0.5, 0.6) is 0 Å². The molecule has 0 amide bonds. The number of allylic oxidation sites excluding steroid dienone is 6. The zero-order valence-corrected chi connectivity index (χ0v) is 9.43. The molecule has 0 spiro atoms. The van der Waals surface area contributed by atoms with Gasteiger partial charge in [-0.25, -0.2) is 0 Å². The van der Waals surface area contributed by atoms with Gasteiger partial charge in [0.15, 0.2) is 0 Å². The fraction of sp³-hybridized carbons (Fsp3) is 0.538. The van der Waals surface area contributed by atoms with Gasteiger partial charge in [0.2, 0.25) is 0 Å². The van der Waals surface area contributed by atoms with Crippen LogP contribution in [0.2, 0.25) is 0 Å². The average molecular weight is 178 g/mol. The first-order chi connectivity index (χ1) is 6.24. The van der Waals surface area contributed by atoms with E-state index in [-0.39, 0.29) is 0 Å². The topological polar surface area (TPSA) is 0 Å². The molecule has 0 aliphatic heterocycles. The van der Waals surface area contributed by atoms with Crippen molar-refractivity contribution in [1.82, 2.24) is 0 Å². The number of hydrogen-bond acceptors (Lipinski definition) is 0. The van der Waals surface area contributed by atoms with Gasteiger partial charge in [-0.05, 0) is 26.7 Å². The summed E-state index contributed by atoms with van der Waals surface area (Å²) in [5.41, 5.74) is 2.87. The van der Waals surface area contributed by atoms with E-state index in [2.05, 4.69) is 52.0 Å². The van der Waals surface area contributed by atoms with Gasteiger partial charge in [-0.3, -0.25) is 0 Å². The molecule has 0 unspecified atom stereocenters. The summed E-state index contributed by atoms with van der Waals surface area (Å²) < 4.78 is 0. The van der Waals surface area contributed by atoms with Gasteiger partial charge in [0.1, 0.15) is 0 Å². The third-order valence-corrected chi connectivity index (χ3v) is 2.16. The zero-order valence-electron chi connectivity index (χ0n) is 9.43. The van der Waals surface area contributed by atoms with Crippen molar-refractivity contribution in [2.45, 2.75) is 47.0 Å². The molecular weight excluding hydrogens is 156 g/mol.